The van der Waals surface area contributed by atoms with Gasteiger partial charge in [0.2, 0.25) is 21.9 Å². The summed E-state index contributed by atoms with van der Waals surface area (Å²) < 4.78 is 30.0. The van der Waals surface area contributed by atoms with Crippen LogP contribution in [0.4, 0.5) is 5.95 Å². The summed E-state index contributed by atoms with van der Waals surface area (Å²) in [7, 11) is -3.68. The van der Waals surface area contributed by atoms with Gasteiger partial charge in [0.1, 0.15) is 10.4 Å². The van der Waals surface area contributed by atoms with Crippen LogP contribution in [-0.2, 0) is 16.6 Å². The van der Waals surface area contributed by atoms with Crippen molar-refractivity contribution in [2.45, 2.75) is 38.1 Å². The molecule has 0 saturated carbocycles. The van der Waals surface area contributed by atoms with Gasteiger partial charge in [-0.05, 0) is 98.1 Å². The molecule has 12 heteroatoms. The summed E-state index contributed by atoms with van der Waals surface area (Å²) >= 11 is 1.50. The number of nitriles is 1. The number of nitrogens with two attached hydrogens (primary N) is 1. The van der Waals surface area contributed by atoms with Crippen LogP contribution < -0.4 is 15.3 Å². The van der Waals surface area contributed by atoms with Crippen molar-refractivity contribution < 1.29 is 13.2 Å². The van der Waals surface area contributed by atoms with E-state index in [1.165, 1.54) is 11.3 Å². The fourth-order valence-corrected chi connectivity index (χ4v) is 6.00. The minimum absolute atomic E-state index is 0.124. The Morgan fingerprint density at radius 3 is 2.52 bits per heavy atom. The zero-order valence-electron chi connectivity index (χ0n) is 22.2. The first-order chi connectivity index (χ1) is 19.2. The van der Waals surface area contributed by atoms with Gasteiger partial charge in [-0.15, -0.1) is 11.3 Å². The number of aromatic nitrogens is 2. The quantitative estimate of drug-likeness (QED) is 0.222. The molecule has 3 N–H and O–H groups in total. The molecule has 3 heterocycles. The zero-order valence-corrected chi connectivity index (χ0v) is 23.8. The third kappa shape index (κ3) is 6.46. The fourth-order valence-electron chi connectivity index (χ4n) is 4.73. The molecule has 0 spiro atoms. The minimum Gasteiger partial charge on any atom is -0.437 e. The summed E-state index contributed by atoms with van der Waals surface area (Å²) in [5.74, 6) is 1.78. The van der Waals surface area contributed by atoms with Gasteiger partial charge in [-0.25, -0.2) is 24.0 Å². The topological polar surface area (TPSA) is 147 Å². The number of hydrogen-bond donors (Lipinski definition) is 2. The minimum atomic E-state index is -3.68. The maximum Gasteiger partial charge on any atom is 0.247 e. The Morgan fingerprint density at radius 1 is 1.18 bits per heavy atom. The van der Waals surface area contributed by atoms with Crippen molar-refractivity contribution in [2.24, 2.45) is 16.2 Å². The summed E-state index contributed by atoms with van der Waals surface area (Å²) in [5, 5.41) is 20.8. The Balaban J connectivity index is 1.20. The van der Waals surface area contributed by atoms with Gasteiger partial charge < -0.3 is 4.74 Å². The average molecular weight is 576 g/mol. The first kappa shape index (κ1) is 27.7. The number of benzene rings is 2. The molecule has 0 radical (unpaired) electrons. The highest BCUT2D eigenvalue weighted by atomic mass is 32.2. The molecule has 2 aromatic heterocycles. The van der Waals surface area contributed by atoms with Gasteiger partial charge in [-0.3, -0.25) is 4.90 Å². The van der Waals surface area contributed by atoms with Crippen LogP contribution in [0.5, 0.6) is 11.6 Å². The van der Waals surface area contributed by atoms with E-state index in [9.17, 15) is 13.7 Å². The Labute approximate surface area is 237 Å². The van der Waals surface area contributed by atoms with E-state index >= 15 is 0 Å². The molecule has 0 bridgehead atoms. The number of thiophene rings is 1. The van der Waals surface area contributed by atoms with Crippen LogP contribution in [0.15, 0.2) is 57.8 Å². The summed E-state index contributed by atoms with van der Waals surface area (Å²) in [6, 6.07) is 14.4. The number of nitrogens with zero attached hydrogens (tertiary/aromatic N) is 5. The lowest BCUT2D eigenvalue weighted by Gasteiger charge is -2.30. The number of hydrazone groups is 1. The van der Waals surface area contributed by atoms with E-state index in [0.29, 0.717) is 29.1 Å². The molecule has 0 atom stereocenters. The van der Waals surface area contributed by atoms with E-state index in [0.717, 1.165) is 59.4 Å². The monoisotopic (exact) mass is 575 g/mol. The molecule has 40 heavy (non-hydrogen) atoms. The summed E-state index contributed by atoms with van der Waals surface area (Å²) in [6.07, 6.45) is 3.82. The second-order valence-electron chi connectivity index (χ2n) is 9.83. The second kappa shape index (κ2) is 11.7. The number of sulfonamides is 1. The van der Waals surface area contributed by atoms with Crippen LogP contribution in [0, 0.1) is 31.1 Å². The van der Waals surface area contributed by atoms with E-state index in [-0.39, 0.29) is 4.90 Å². The molecular weight excluding hydrogens is 546 g/mol. The fraction of sp³-hybridized carbons (Fsp3) is 0.286. The highest BCUT2D eigenvalue weighted by Crippen LogP contribution is 2.35. The number of anilines is 1. The number of piperidine rings is 1. The number of likely N-dealkylation sites (tertiary alicyclic amines) is 1. The molecule has 1 fully saturated rings. The zero-order chi connectivity index (χ0) is 28.3. The van der Waals surface area contributed by atoms with Gasteiger partial charge in [0.15, 0.2) is 0 Å². The number of nitrogens with one attached hydrogen (secondary N) is 1. The molecule has 4 aromatic rings. The number of fused-ring (bicyclic) bond motifs is 1. The maximum atomic E-state index is 11.5. The van der Waals surface area contributed by atoms with Crippen LogP contribution >= 0.6 is 11.3 Å². The van der Waals surface area contributed by atoms with Crippen molar-refractivity contribution in [3.8, 4) is 17.7 Å². The Hall–Kier alpha value is -3.89. The molecule has 0 aliphatic carbocycles. The molecule has 0 amide bonds. The number of rotatable bonds is 8. The lowest BCUT2D eigenvalue weighted by molar-refractivity contribution is 0.203. The van der Waals surface area contributed by atoms with Crippen LogP contribution in [0.1, 0.15) is 35.1 Å². The third-order valence-corrected chi connectivity index (χ3v) is 8.62. The third-order valence-electron chi connectivity index (χ3n) is 6.80. The van der Waals surface area contributed by atoms with E-state index in [1.807, 2.05) is 43.6 Å². The molecule has 206 valence electrons. The van der Waals surface area contributed by atoms with Gasteiger partial charge in [-0.1, -0.05) is 12.1 Å². The Morgan fingerprint density at radius 2 is 1.88 bits per heavy atom. The van der Waals surface area contributed by atoms with Crippen molar-refractivity contribution >= 4 is 43.7 Å². The van der Waals surface area contributed by atoms with Gasteiger partial charge in [0.25, 0.3) is 0 Å². The van der Waals surface area contributed by atoms with E-state index in [2.05, 4.69) is 31.5 Å². The van der Waals surface area contributed by atoms with Crippen LogP contribution in [0.3, 0.4) is 0 Å². The standard InChI is InChI=1S/C28H29N7O3S2/c1-18-13-22(15-29)14-19(2)25(18)38-27-26-24(9-12-39-26)32-28(33-27)34-31-16-20-7-10-35(11-8-20)17-21-3-5-23(6-4-21)40(30,36)37/h3-6,9,12-14,16,20H,7-8,10-11,17H2,1-2H3,(H2,30,36,37)(H,32,33,34)/b31-16+. The van der Waals surface area contributed by atoms with Crippen molar-refractivity contribution in [3.63, 3.8) is 0 Å². The van der Waals surface area contributed by atoms with Gasteiger partial charge in [0.05, 0.1) is 22.0 Å². The maximum absolute atomic E-state index is 11.5. The van der Waals surface area contributed by atoms with Gasteiger partial charge in [0, 0.05) is 12.8 Å². The molecule has 10 nitrogen and oxygen atoms in total. The van der Waals surface area contributed by atoms with Crippen molar-refractivity contribution in [1.29, 1.82) is 5.26 Å². The summed E-state index contributed by atoms with van der Waals surface area (Å²) in [5.41, 5.74) is 7.10. The average Bonchev–Trinajstić information content (AvgIpc) is 3.40. The molecule has 0 unspecified atom stereocenters. The lowest BCUT2D eigenvalue weighted by Crippen LogP contribution is -2.33. The lowest BCUT2D eigenvalue weighted by atomic mass is 9.98. The highest BCUT2D eigenvalue weighted by Gasteiger charge is 2.19. The Bertz CT molecular complexity index is 1680. The molecule has 1 aliphatic heterocycles. The van der Waals surface area contributed by atoms with Crippen LogP contribution in [-0.4, -0.2) is 42.6 Å². The van der Waals surface area contributed by atoms with E-state index < -0.39 is 10.0 Å². The Kier molecular flexibility index (Phi) is 8.09. The first-order valence-corrected chi connectivity index (χ1v) is 15.2. The summed E-state index contributed by atoms with van der Waals surface area (Å²) in [4.78, 5) is 11.6. The van der Waals surface area contributed by atoms with E-state index in [1.54, 1.807) is 24.3 Å². The van der Waals surface area contributed by atoms with Crippen LogP contribution in [0.25, 0.3) is 10.2 Å². The normalized spacial score (nSPS) is 14.9. The molecule has 1 aliphatic rings. The first-order valence-electron chi connectivity index (χ1n) is 12.8. The SMILES string of the molecule is Cc1cc(C#N)cc(C)c1Oc1nc(N/N=C/C2CCN(Cc3ccc(S(N)(=O)=O)cc3)CC2)nc2ccsc12. The number of aryl methyl sites for hydroxylation is 2. The predicted molar refractivity (Wildman–Crippen MR) is 156 cm³/mol. The van der Waals surface area contributed by atoms with Gasteiger partial charge in [-0.2, -0.15) is 15.3 Å². The number of primary sulfonamides is 1. The molecule has 5 rings (SSSR count). The van der Waals surface area contributed by atoms with E-state index in [4.69, 9.17) is 9.88 Å². The number of ether oxygens (including phenoxy) is 1. The largest absolute Gasteiger partial charge is 0.437 e. The summed E-state index contributed by atoms with van der Waals surface area (Å²) in [6.45, 7) is 6.39. The van der Waals surface area contributed by atoms with Crippen molar-refractivity contribution in [3.05, 3.63) is 70.1 Å². The predicted octanol–water partition coefficient (Wildman–Crippen LogP) is 4.93. The molecule has 1 saturated heterocycles. The van der Waals surface area contributed by atoms with Crippen molar-refractivity contribution in [1.82, 2.24) is 14.9 Å². The second-order valence-corrected chi connectivity index (χ2v) is 12.3. The molecular formula is C28H29N7O3S2. The smallest absolute Gasteiger partial charge is 0.247 e. The highest BCUT2D eigenvalue weighted by molar-refractivity contribution is 7.89. The van der Waals surface area contributed by atoms with Gasteiger partial charge >= 0.3 is 0 Å². The van der Waals surface area contributed by atoms with Crippen LogP contribution in [0.2, 0.25) is 0 Å². The molecule has 2 aromatic carbocycles. The number of hydrogen-bond acceptors (Lipinski definition) is 10. The van der Waals surface area contributed by atoms with Crippen molar-refractivity contribution in [2.75, 3.05) is 18.5 Å².